The lowest BCUT2D eigenvalue weighted by molar-refractivity contribution is 0.201. The highest BCUT2D eigenvalue weighted by Crippen LogP contribution is 2.23. The standard InChI is InChI=1S/C17H22N2O/c1-13-4-9-17(20-13)15-7-5-14(6-8-15)11-19-10-2-3-16(18)12-19/h4-9,16H,2-3,10-12,18H2,1H3. The summed E-state index contributed by atoms with van der Waals surface area (Å²) in [7, 11) is 0. The third-order valence-electron chi connectivity index (χ3n) is 3.93. The van der Waals surface area contributed by atoms with E-state index in [4.69, 9.17) is 10.2 Å². The van der Waals surface area contributed by atoms with E-state index >= 15 is 0 Å². The fourth-order valence-electron chi connectivity index (χ4n) is 2.86. The van der Waals surface area contributed by atoms with Crippen molar-refractivity contribution in [3.63, 3.8) is 0 Å². The van der Waals surface area contributed by atoms with Gasteiger partial charge in [-0.1, -0.05) is 24.3 Å². The van der Waals surface area contributed by atoms with Gasteiger partial charge in [-0.3, -0.25) is 4.90 Å². The van der Waals surface area contributed by atoms with Crippen molar-refractivity contribution in [1.29, 1.82) is 0 Å². The zero-order chi connectivity index (χ0) is 13.9. The molecular formula is C17H22N2O. The zero-order valence-electron chi connectivity index (χ0n) is 12.0. The third kappa shape index (κ3) is 3.11. The summed E-state index contributed by atoms with van der Waals surface area (Å²) in [6, 6.07) is 13.0. The zero-order valence-corrected chi connectivity index (χ0v) is 12.0. The first-order valence-corrected chi connectivity index (χ1v) is 7.34. The van der Waals surface area contributed by atoms with E-state index in [1.807, 2.05) is 19.1 Å². The van der Waals surface area contributed by atoms with Crippen molar-refractivity contribution in [2.45, 2.75) is 32.4 Å². The molecule has 1 aromatic carbocycles. The van der Waals surface area contributed by atoms with Gasteiger partial charge in [-0.25, -0.2) is 0 Å². The monoisotopic (exact) mass is 270 g/mol. The van der Waals surface area contributed by atoms with Crippen molar-refractivity contribution in [3.8, 4) is 11.3 Å². The molecule has 0 amide bonds. The van der Waals surface area contributed by atoms with Crippen LogP contribution >= 0.6 is 0 Å². The van der Waals surface area contributed by atoms with Gasteiger partial charge in [0, 0.05) is 24.7 Å². The maximum atomic E-state index is 6.03. The van der Waals surface area contributed by atoms with Gasteiger partial charge in [-0.15, -0.1) is 0 Å². The van der Waals surface area contributed by atoms with Gasteiger partial charge in [0.2, 0.25) is 0 Å². The van der Waals surface area contributed by atoms with Crippen LogP contribution in [-0.2, 0) is 6.54 Å². The van der Waals surface area contributed by atoms with Crippen LogP contribution in [0.2, 0.25) is 0 Å². The lowest BCUT2D eigenvalue weighted by Crippen LogP contribution is -2.42. The average Bonchev–Trinajstić information content (AvgIpc) is 2.86. The smallest absolute Gasteiger partial charge is 0.134 e. The maximum Gasteiger partial charge on any atom is 0.134 e. The number of nitrogens with two attached hydrogens (primary N) is 1. The van der Waals surface area contributed by atoms with Crippen LogP contribution in [0.15, 0.2) is 40.8 Å². The fraction of sp³-hybridized carbons (Fsp3) is 0.412. The Morgan fingerprint density at radius 1 is 1.20 bits per heavy atom. The van der Waals surface area contributed by atoms with Gasteiger partial charge in [-0.2, -0.15) is 0 Å². The molecule has 1 aliphatic rings. The number of furan rings is 1. The topological polar surface area (TPSA) is 42.4 Å². The highest BCUT2D eigenvalue weighted by Gasteiger charge is 2.16. The molecule has 1 aliphatic heterocycles. The minimum atomic E-state index is 0.342. The van der Waals surface area contributed by atoms with E-state index in [9.17, 15) is 0 Å². The maximum absolute atomic E-state index is 6.03. The van der Waals surface area contributed by atoms with Gasteiger partial charge < -0.3 is 10.2 Å². The highest BCUT2D eigenvalue weighted by molar-refractivity contribution is 5.57. The fourth-order valence-corrected chi connectivity index (χ4v) is 2.86. The van der Waals surface area contributed by atoms with Crippen LogP contribution in [0.1, 0.15) is 24.2 Å². The van der Waals surface area contributed by atoms with Crippen LogP contribution in [0.4, 0.5) is 0 Å². The van der Waals surface area contributed by atoms with E-state index in [2.05, 4.69) is 29.2 Å². The van der Waals surface area contributed by atoms with E-state index < -0.39 is 0 Å². The quantitative estimate of drug-likeness (QED) is 0.931. The second-order valence-corrected chi connectivity index (χ2v) is 5.74. The number of nitrogens with zero attached hydrogens (tertiary/aromatic N) is 1. The molecule has 1 fully saturated rings. The molecule has 2 N–H and O–H groups in total. The molecule has 1 atom stereocenters. The van der Waals surface area contributed by atoms with Crippen molar-refractivity contribution in [2.75, 3.05) is 13.1 Å². The van der Waals surface area contributed by atoms with Gasteiger partial charge in [0.25, 0.3) is 0 Å². The predicted molar refractivity (Wildman–Crippen MR) is 81.4 cm³/mol. The van der Waals surface area contributed by atoms with E-state index in [-0.39, 0.29) is 0 Å². The summed E-state index contributed by atoms with van der Waals surface area (Å²) in [6.07, 6.45) is 2.37. The highest BCUT2D eigenvalue weighted by atomic mass is 16.3. The summed E-state index contributed by atoms with van der Waals surface area (Å²) in [4.78, 5) is 2.44. The molecule has 0 aliphatic carbocycles. The van der Waals surface area contributed by atoms with Crippen molar-refractivity contribution in [1.82, 2.24) is 4.90 Å². The molecule has 0 spiro atoms. The first-order chi connectivity index (χ1) is 9.70. The van der Waals surface area contributed by atoms with Crippen LogP contribution in [0.5, 0.6) is 0 Å². The Morgan fingerprint density at radius 3 is 2.65 bits per heavy atom. The molecule has 2 aromatic rings. The molecule has 2 heterocycles. The Bertz CT molecular complexity index is 559. The second-order valence-electron chi connectivity index (χ2n) is 5.74. The van der Waals surface area contributed by atoms with Gasteiger partial charge in [-0.05, 0) is 44.0 Å². The Kier molecular flexibility index (Phi) is 3.90. The first-order valence-electron chi connectivity index (χ1n) is 7.34. The van der Waals surface area contributed by atoms with Gasteiger partial charge in [0.15, 0.2) is 0 Å². The molecule has 1 saturated heterocycles. The summed E-state index contributed by atoms with van der Waals surface area (Å²) in [5.74, 6) is 1.89. The largest absolute Gasteiger partial charge is 0.461 e. The van der Waals surface area contributed by atoms with E-state index in [1.54, 1.807) is 0 Å². The molecule has 3 heteroatoms. The molecule has 1 aromatic heterocycles. The Balaban J connectivity index is 1.67. The van der Waals surface area contributed by atoms with Gasteiger partial charge >= 0.3 is 0 Å². The van der Waals surface area contributed by atoms with Crippen LogP contribution in [0.3, 0.4) is 0 Å². The number of benzene rings is 1. The lowest BCUT2D eigenvalue weighted by Gasteiger charge is -2.30. The number of hydrogen-bond acceptors (Lipinski definition) is 3. The molecule has 0 radical (unpaired) electrons. The number of rotatable bonds is 3. The van der Waals surface area contributed by atoms with E-state index in [0.717, 1.165) is 43.1 Å². The van der Waals surface area contributed by atoms with E-state index in [0.29, 0.717) is 6.04 Å². The number of aryl methyl sites for hydroxylation is 1. The molecule has 1 unspecified atom stereocenters. The Morgan fingerprint density at radius 2 is 2.00 bits per heavy atom. The van der Waals surface area contributed by atoms with Crippen LogP contribution < -0.4 is 5.73 Å². The van der Waals surface area contributed by atoms with Crippen LogP contribution in [-0.4, -0.2) is 24.0 Å². The van der Waals surface area contributed by atoms with Crippen LogP contribution in [0, 0.1) is 6.92 Å². The first kappa shape index (κ1) is 13.4. The minimum Gasteiger partial charge on any atom is -0.461 e. The second kappa shape index (κ2) is 5.81. The molecule has 3 rings (SSSR count). The van der Waals surface area contributed by atoms with Crippen molar-refractivity contribution in [3.05, 3.63) is 47.7 Å². The van der Waals surface area contributed by atoms with Gasteiger partial charge in [0.05, 0.1) is 0 Å². The minimum absolute atomic E-state index is 0.342. The Labute approximate surface area is 120 Å². The summed E-state index contributed by atoms with van der Waals surface area (Å²) >= 11 is 0. The van der Waals surface area contributed by atoms with Gasteiger partial charge in [0.1, 0.15) is 11.5 Å². The lowest BCUT2D eigenvalue weighted by atomic mass is 10.0. The SMILES string of the molecule is Cc1ccc(-c2ccc(CN3CCCC(N)C3)cc2)o1. The van der Waals surface area contributed by atoms with Crippen molar-refractivity contribution >= 4 is 0 Å². The number of hydrogen-bond donors (Lipinski definition) is 1. The van der Waals surface area contributed by atoms with E-state index in [1.165, 1.54) is 12.0 Å². The summed E-state index contributed by atoms with van der Waals surface area (Å²) < 4.78 is 5.65. The molecule has 3 nitrogen and oxygen atoms in total. The van der Waals surface area contributed by atoms with Crippen molar-refractivity contribution < 1.29 is 4.42 Å². The predicted octanol–water partition coefficient (Wildman–Crippen LogP) is 3.18. The molecular weight excluding hydrogens is 248 g/mol. The average molecular weight is 270 g/mol. The molecule has 0 bridgehead atoms. The summed E-state index contributed by atoms with van der Waals surface area (Å²) in [5.41, 5.74) is 8.50. The van der Waals surface area contributed by atoms with Crippen LogP contribution in [0.25, 0.3) is 11.3 Å². The number of piperidine rings is 1. The number of likely N-dealkylation sites (tertiary alicyclic amines) is 1. The normalized spacial score (nSPS) is 20.2. The molecule has 106 valence electrons. The third-order valence-corrected chi connectivity index (χ3v) is 3.93. The Hall–Kier alpha value is -1.58. The molecule has 20 heavy (non-hydrogen) atoms. The summed E-state index contributed by atoms with van der Waals surface area (Å²) in [5, 5.41) is 0. The van der Waals surface area contributed by atoms with Crippen molar-refractivity contribution in [2.24, 2.45) is 5.73 Å². The summed E-state index contributed by atoms with van der Waals surface area (Å²) in [6.45, 7) is 5.13. The molecule has 0 saturated carbocycles.